The van der Waals surface area contributed by atoms with Crippen molar-refractivity contribution in [3.05, 3.63) is 10.0 Å². The van der Waals surface area contributed by atoms with Crippen LogP contribution in [0.1, 0.15) is 41.5 Å². The molecule has 1 heterocycles. The Bertz CT molecular complexity index is 434. The lowest BCUT2D eigenvalue weighted by atomic mass is 10.2. The SMILES string of the molecule is CCOC(=O)c1nnc(CN(C)CCC(=O)CC)s1. The summed E-state index contributed by atoms with van der Waals surface area (Å²) >= 11 is 1.23. The molecule has 106 valence electrons. The van der Waals surface area contributed by atoms with Crippen LogP contribution in [0.5, 0.6) is 0 Å². The number of carbonyl (C=O) groups is 2. The number of esters is 1. The number of ketones is 1. The van der Waals surface area contributed by atoms with Gasteiger partial charge in [0, 0.05) is 19.4 Å². The van der Waals surface area contributed by atoms with Crippen LogP contribution in [-0.2, 0) is 16.1 Å². The topological polar surface area (TPSA) is 72.4 Å². The van der Waals surface area contributed by atoms with Gasteiger partial charge in [-0.3, -0.25) is 9.69 Å². The molecule has 7 heteroatoms. The standard InChI is InChI=1S/C12H19N3O3S/c1-4-9(16)6-7-15(3)8-10-13-14-11(19-10)12(17)18-5-2/h4-8H2,1-3H3. The van der Waals surface area contributed by atoms with Crippen LogP contribution in [0.2, 0.25) is 0 Å². The van der Waals surface area contributed by atoms with Gasteiger partial charge in [-0.05, 0) is 14.0 Å². The zero-order chi connectivity index (χ0) is 14.3. The molecule has 0 unspecified atom stereocenters. The molecular weight excluding hydrogens is 266 g/mol. The highest BCUT2D eigenvalue weighted by Crippen LogP contribution is 2.13. The van der Waals surface area contributed by atoms with E-state index in [1.807, 2.05) is 18.9 Å². The average Bonchev–Trinajstić information content (AvgIpc) is 2.84. The first-order valence-electron chi connectivity index (χ1n) is 6.26. The number of rotatable bonds is 8. The molecule has 0 saturated carbocycles. The second-order valence-corrected chi connectivity index (χ2v) is 5.16. The fraction of sp³-hybridized carbons (Fsp3) is 0.667. The summed E-state index contributed by atoms with van der Waals surface area (Å²) in [4.78, 5) is 24.6. The lowest BCUT2D eigenvalue weighted by Crippen LogP contribution is -2.21. The van der Waals surface area contributed by atoms with E-state index in [1.54, 1.807) is 6.92 Å². The van der Waals surface area contributed by atoms with Gasteiger partial charge in [-0.15, -0.1) is 10.2 Å². The second kappa shape index (κ2) is 7.96. The molecule has 0 fully saturated rings. The first kappa shape index (κ1) is 15.7. The Labute approximate surface area is 116 Å². The predicted octanol–water partition coefficient (Wildman–Crippen LogP) is 1.52. The summed E-state index contributed by atoms with van der Waals surface area (Å²) < 4.78 is 4.85. The maximum absolute atomic E-state index is 11.4. The van der Waals surface area contributed by atoms with E-state index in [0.29, 0.717) is 32.5 Å². The highest BCUT2D eigenvalue weighted by atomic mass is 32.1. The Kier molecular flexibility index (Phi) is 6.58. The Hall–Kier alpha value is -1.34. The molecule has 0 aliphatic carbocycles. The van der Waals surface area contributed by atoms with Gasteiger partial charge in [0.25, 0.3) is 0 Å². The third-order valence-corrected chi connectivity index (χ3v) is 3.38. The number of hydrogen-bond donors (Lipinski definition) is 0. The van der Waals surface area contributed by atoms with E-state index in [1.165, 1.54) is 11.3 Å². The van der Waals surface area contributed by atoms with E-state index in [2.05, 4.69) is 10.2 Å². The van der Waals surface area contributed by atoms with Gasteiger partial charge < -0.3 is 4.74 Å². The Morgan fingerprint density at radius 1 is 1.32 bits per heavy atom. The third-order valence-electron chi connectivity index (χ3n) is 2.49. The zero-order valence-electron chi connectivity index (χ0n) is 11.5. The number of nitrogens with zero attached hydrogens (tertiary/aromatic N) is 3. The highest BCUT2D eigenvalue weighted by molar-refractivity contribution is 7.13. The number of aromatic nitrogens is 2. The number of hydrogen-bond acceptors (Lipinski definition) is 7. The minimum atomic E-state index is -0.435. The van der Waals surface area contributed by atoms with Crippen LogP contribution in [0, 0.1) is 0 Å². The van der Waals surface area contributed by atoms with Gasteiger partial charge in [0.1, 0.15) is 10.8 Å². The summed E-state index contributed by atoms with van der Waals surface area (Å²) in [6.07, 6.45) is 1.11. The fourth-order valence-corrected chi connectivity index (χ4v) is 2.21. The van der Waals surface area contributed by atoms with E-state index >= 15 is 0 Å². The largest absolute Gasteiger partial charge is 0.461 e. The third kappa shape index (κ3) is 5.44. The molecule has 0 aliphatic heterocycles. The lowest BCUT2D eigenvalue weighted by Gasteiger charge is -2.13. The molecule has 1 aromatic heterocycles. The summed E-state index contributed by atoms with van der Waals surface area (Å²) in [5.74, 6) is -0.189. The van der Waals surface area contributed by atoms with Gasteiger partial charge in [0.15, 0.2) is 0 Å². The first-order valence-corrected chi connectivity index (χ1v) is 7.08. The minimum absolute atomic E-state index is 0.247. The van der Waals surface area contributed by atoms with Crippen LogP contribution in [0.15, 0.2) is 0 Å². The number of ether oxygens (including phenoxy) is 1. The summed E-state index contributed by atoms with van der Waals surface area (Å²) in [5, 5.41) is 8.77. The smallest absolute Gasteiger partial charge is 0.369 e. The molecule has 0 atom stereocenters. The van der Waals surface area contributed by atoms with Crippen molar-refractivity contribution in [1.82, 2.24) is 15.1 Å². The number of Topliss-reactive ketones (excluding diaryl/α,β-unsaturated/α-hetero) is 1. The molecule has 19 heavy (non-hydrogen) atoms. The normalized spacial score (nSPS) is 10.7. The molecule has 6 nitrogen and oxygen atoms in total. The molecule has 1 aromatic rings. The van der Waals surface area contributed by atoms with Crippen molar-refractivity contribution in [2.75, 3.05) is 20.2 Å². The van der Waals surface area contributed by atoms with Crippen LogP contribution in [-0.4, -0.2) is 47.0 Å². The van der Waals surface area contributed by atoms with E-state index in [-0.39, 0.29) is 10.8 Å². The van der Waals surface area contributed by atoms with Crippen LogP contribution >= 0.6 is 11.3 Å². The first-order chi connectivity index (χ1) is 9.06. The molecule has 1 rings (SSSR count). The molecule has 0 radical (unpaired) electrons. The van der Waals surface area contributed by atoms with E-state index < -0.39 is 5.97 Å². The molecule has 0 N–H and O–H groups in total. The van der Waals surface area contributed by atoms with E-state index in [0.717, 1.165) is 5.01 Å². The quantitative estimate of drug-likeness (QED) is 0.674. The van der Waals surface area contributed by atoms with E-state index in [9.17, 15) is 9.59 Å². The van der Waals surface area contributed by atoms with Crippen LogP contribution in [0.4, 0.5) is 0 Å². The van der Waals surface area contributed by atoms with Crippen LogP contribution in [0.25, 0.3) is 0 Å². The van der Waals surface area contributed by atoms with Crippen LogP contribution in [0.3, 0.4) is 0 Å². The van der Waals surface area contributed by atoms with Crippen molar-refractivity contribution in [3.63, 3.8) is 0 Å². The van der Waals surface area contributed by atoms with Crippen molar-refractivity contribution < 1.29 is 14.3 Å². The van der Waals surface area contributed by atoms with Crippen molar-refractivity contribution in [1.29, 1.82) is 0 Å². The summed E-state index contributed by atoms with van der Waals surface area (Å²) in [7, 11) is 1.91. The van der Waals surface area contributed by atoms with Crippen LogP contribution < -0.4 is 0 Å². The molecule has 0 saturated heterocycles. The van der Waals surface area contributed by atoms with Crippen molar-refractivity contribution >= 4 is 23.1 Å². The molecule has 0 bridgehead atoms. The predicted molar refractivity (Wildman–Crippen MR) is 72.1 cm³/mol. The number of carbonyl (C=O) groups excluding carboxylic acids is 2. The summed E-state index contributed by atoms with van der Waals surface area (Å²) in [6.45, 7) is 5.19. The zero-order valence-corrected chi connectivity index (χ0v) is 12.3. The monoisotopic (exact) mass is 285 g/mol. The minimum Gasteiger partial charge on any atom is -0.461 e. The second-order valence-electron chi connectivity index (χ2n) is 4.10. The van der Waals surface area contributed by atoms with Gasteiger partial charge >= 0.3 is 5.97 Å². The van der Waals surface area contributed by atoms with Crippen molar-refractivity contribution in [3.8, 4) is 0 Å². The molecule has 0 aliphatic rings. The molecular formula is C12H19N3O3S. The van der Waals surface area contributed by atoms with E-state index in [4.69, 9.17) is 4.74 Å². The van der Waals surface area contributed by atoms with Gasteiger partial charge in [-0.1, -0.05) is 18.3 Å². The highest BCUT2D eigenvalue weighted by Gasteiger charge is 2.14. The Morgan fingerprint density at radius 3 is 2.68 bits per heavy atom. The fourth-order valence-electron chi connectivity index (χ4n) is 1.40. The lowest BCUT2D eigenvalue weighted by molar-refractivity contribution is -0.119. The summed E-state index contributed by atoms with van der Waals surface area (Å²) in [5.41, 5.74) is 0. The van der Waals surface area contributed by atoms with Gasteiger partial charge in [0.05, 0.1) is 13.2 Å². The maximum Gasteiger partial charge on any atom is 0.369 e. The maximum atomic E-state index is 11.4. The summed E-state index contributed by atoms with van der Waals surface area (Å²) in [6, 6.07) is 0. The van der Waals surface area contributed by atoms with Crippen molar-refractivity contribution in [2.24, 2.45) is 0 Å². The Balaban J connectivity index is 2.44. The van der Waals surface area contributed by atoms with Gasteiger partial charge in [0.2, 0.25) is 5.01 Å². The molecule has 0 spiro atoms. The van der Waals surface area contributed by atoms with Crippen molar-refractivity contribution in [2.45, 2.75) is 33.2 Å². The molecule has 0 amide bonds. The average molecular weight is 285 g/mol. The molecule has 0 aromatic carbocycles. The van der Waals surface area contributed by atoms with Gasteiger partial charge in [-0.25, -0.2) is 4.79 Å². The Morgan fingerprint density at radius 2 is 2.05 bits per heavy atom. The van der Waals surface area contributed by atoms with Gasteiger partial charge in [-0.2, -0.15) is 0 Å².